The van der Waals surface area contributed by atoms with Gasteiger partial charge in [-0.2, -0.15) is 5.26 Å². The lowest BCUT2D eigenvalue weighted by Gasteiger charge is -2.11. The number of aryl methyl sites for hydroxylation is 1. The number of hydrogen-bond acceptors (Lipinski definition) is 4. The fourth-order valence-corrected chi connectivity index (χ4v) is 3.55. The number of hydrogen-bond donors (Lipinski definition) is 1. The lowest BCUT2D eigenvalue weighted by molar-refractivity contribution is 0.601. The molecule has 0 fully saturated rings. The summed E-state index contributed by atoms with van der Waals surface area (Å²) in [5.41, 5.74) is 1.86. The van der Waals surface area contributed by atoms with E-state index in [1.165, 1.54) is 12.1 Å². The molecule has 0 radical (unpaired) electrons. The first kappa shape index (κ1) is 15.0. The fraction of sp³-hybridized carbons (Fsp3) is 0.0588. The monoisotopic (exact) mass is 323 g/mol. The maximum atomic E-state index is 12.6. The molecule has 114 valence electrons. The van der Waals surface area contributed by atoms with Crippen LogP contribution in [-0.2, 0) is 10.0 Å². The van der Waals surface area contributed by atoms with Gasteiger partial charge in [0, 0.05) is 11.1 Å². The molecule has 0 unspecified atom stereocenters. The van der Waals surface area contributed by atoms with Crippen LogP contribution < -0.4 is 4.72 Å². The van der Waals surface area contributed by atoms with Gasteiger partial charge in [0.1, 0.15) is 11.0 Å². The Morgan fingerprint density at radius 2 is 1.83 bits per heavy atom. The molecule has 23 heavy (non-hydrogen) atoms. The molecule has 0 spiro atoms. The van der Waals surface area contributed by atoms with Crippen LogP contribution in [0.4, 0.5) is 5.69 Å². The maximum absolute atomic E-state index is 12.6. The van der Waals surface area contributed by atoms with Crippen LogP contribution in [0.15, 0.2) is 59.5 Å². The summed E-state index contributed by atoms with van der Waals surface area (Å²) in [5.74, 6) is 0. The number of nitriles is 1. The molecule has 3 aromatic rings. The normalized spacial score (nSPS) is 11.1. The van der Waals surface area contributed by atoms with Gasteiger partial charge in [0.25, 0.3) is 10.0 Å². The third kappa shape index (κ3) is 2.87. The van der Waals surface area contributed by atoms with Crippen molar-refractivity contribution in [1.29, 1.82) is 5.26 Å². The second kappa shape index (κ2) is 5.71. The molecule has 1 heterocycles. The number of para-hydroxylation sites is 1. The van der Waals surface area contributed by atoms with Gasteiger partial charge in [0.05, 0.1) is 16.8 Å². The van der Waals surface area contributed by atoms with Crippen molar-refractivity contribution >= 4 is 26.6 Å². The SMILES string of the molecule is Cc1ccc2cccc(NS(=O)(=O)c3ccccc3C#N)c2n1. The molecule has 0 amide bonds. The number of rotatable bonds is 3. The molecular weight excluding hydrogens is 310 g/mol. The minimum absolute atomic E-state index is 0.0489. The van der Waals surface area contributed by atoms with Crippen LogP contribution in [0, 0.1) is 18.3 Å². The molecule has 5 nitrogen and oxygen atoms in total. The molecule has 6 heteroatoms. The van der Waals surface area contributed by atoms with Crippen molar-refractivity contribution in [2.45, 2.75) is 11.8 Å². The van der Waals surface area contributed by atoms with E-state index >= 15 is 0 Å². The second-order valence-corrected chi connectivity index (χ2v) is 6.69. The summed E-state index contributed by atoms with van der Waals surface area (Å²) < 4.78 is 27.8. The summed E-state index contributed by atoms with van der Waals surface area (Å²) in [4.78, 5) is 4.36. The van der Waals surface area contributed by atoms with Crippen molar-refractivity contribution < 1.29 is 8.42 Å². The first-order chi connectivity index (χ1) is 11.0. The van der Waals surface area contributed by atoms with E-state index in [0.29, 0.717) is 11.2 Å². The van der Waals surface area contributed by atoms with E-state index in [0.717, 1.165) is 11.1 Å². The van der Waals surface area contributed by atoms with E-state index in [-0.39, 0.29) is 10.5 Å². The number of sulfonamides is 1. The van der Waals surface area contributed by atoms with Crippen LogP contribution in [0.1, 0.15) is 11.3 Å². The number of nitrogens with one attached hydrogen (secondary N) is 1. The van der Waals surface area contributed by atoms with E-state index in [1.807, 2.05) is 31.2 Å². The van der Waals surface area contributed by atoms with Crippen LogP contribution in [0.5, 0.6) is 0 Å². The molecule has 0 atom stereocenters. The Labute approximate surface area is 134 Å². The average molecular weight is 323 g/mol. The summed E-state index contributed by atoms with van der Waals surface area (Å²) in [6.07, 6.45) is 0. The van der Waals surface area contributed by atoms with Gasteiger partial charge in [-0.05, 0) is 31.2 Å². The van der Waals surface area contributed by atoms with Crippen LogP contribution >= 0.6 is 0 Å². The number of nitrogens with zero attached hydrogens (tertiary/aromatic N) is 2. The Bertz CT molecular complexity index is 1040. The van der Waals surface area contributed by atoms with Gasteiger partial charge in [-0.15, -0.1) is 0 Å². The highest BCUT2D eigenvalue weighted by molar-refractivity contribution is 7.92. The Kier molecular flexibility index (Phi) is 3.72. The van der Waals surface area contributed by atoms with Crippen LogP contribution in [-0.4, -0.2) is 13.4 Å². The lowest BCUT2D eigenvalue weighted by atomic mass is 10.2. The predicted molar refractivity (Wildman–Crippen MR) is 88.4 cm³/mol. The second-order valence-electron chi connectivity index (χ2n) is 5.04. The van der Waals surface area contributed by atoms with E-state index in [4.69, 9.17) is 5.26 Å². The smallest absolute Gasteiger partial charge is 0.263 e. The summed E-state index contributed by atoms with van der Waals surface area (Å²) in [6, 6.07) is 17.0. The maximum Gasteiger partial charge on any atom is 0.263 e. The topological polar surface area (TPSA) is 82.9 Å². The molecule has 2 aromatic carbocycles. The third-order valence-corrected chi connectivity index (χ3v) is 4.82. The van der Waals surface area contributed by atoms with E-state index in [2.05, 4.69) is 9.71 Å². The zero-order chi connectivity index (χ0) is 16.4. The molecule has 0 aliphatic carbocycles. The Morgan fingerprint density at radius 1 is 1.04 bits per heavy atom. The number of benzene rings is 2. The number of pyridine rings is 1. The molecule has 0 aliphatic rings. The largest absolute Gasteiger partial charge is 0.277 e. The minimum Gasteiger partial charge on any atom is -0.277 e. The first-order valence-corrected chi connectivity index (χ1v) is 8.38. The molecule has 1 aromatic heterocycles. The van der Waals surface area contributed by atoms with Crippen LogP contribution in [0.2, 0.25) is 0 Å². The standard InChI is InChI=1S/C17H13N3O2S/c1-12-9-10-13-6-4-7-15(17(13)19-12)20-23(21,22)16-8-3-2-5-14(16)11-18/h2-10,20H,1H3. The highest BCUT2D eigenvalue weighted by Gasteiger charge is 2.19. The zero-order valence-corrected chi connectivity index (χ0v) is 13.1. The molecule has 0 saturated heterocycles. The van der Waals surface area contributed by atoms with Crippen molar-refractivity contribution in [2.24, 2.45) is 0 Å². The van der Waals surface area contributed by atoms with Crippen molar-refractivity contribution in [3.05, 3.63) is 65.9 Å². The lowest BCUT2D eigenvalue weighted by Crippen LogP contribution is -2.14. The molecule has 0 bridgehead atoms. The van der Waals surface area contributed by atoms with Gasteiger partial charge in [-0.25, -0.2) is 8.42 Å². The third-order valence-electron chi connectivity index (χ3n) is 3.40. The Morgan fingerprint density at radius 3 is 2.61 bits per heavy atom. The number of fused-ring (bicyclic) bond motifs is 1. The molecular formula is C17H13N3O2S. The van der Waals surface area contributed by atoms with Gasteiger partial charge in [-0.1, -0.05) is 30.3 Å². The van der Waals surface area contributed by atoms with E-state index in [1.54, 1.807) is 24.3 Å². The van der Waals surface area contributed by atoms with Crippen molar-refractivity contribution in [2.75, 3.05) is 4.72 Å². The first-order valence-electron chi connectivity index (χ1n) is 6.89. The Hall–Kier alpha value is -2.91. The predicted octanol–water partition coefficient (Wildman–Crippen LogP) is 3.22. The van der Waals surface area contributed by atoms with Gasteiger partial charge in [0.15, 0.2) is 0 Å². The highest BCUT2D eigenvalue weighted by atomic mass is 32.2. The van der Waals surface area contributed by atoms with Gasteiger partial charge < -0.3 is 0 Å². The van der Waals surface area contributed by atoms with Gasteiger partial charge in [0.2, 0.25) is 0 Å². The quantitative estimate of drug-likeness (QED) is 0.802. The molecule has 1 N–H and O–H groups in total. The average Bonchev–Trinajstić information content (AvgIpc) is 2.55. The Balaban J connectivity index is 2.12. The number of aromatic nitrogens is 1. The molecule has 0 saturated carbocycles. The van der Waals surface area contributed by atoms with Crippen molar-refractivity contribution in [3.63, 3.8) is 0 Å². The summed E-state index contributed by atoms with van der Waals surface area (Å²) >= 11 is 0. The van der Waals surface area contributed by atoms with Crippen LogP contribution in [0.25, 0.3) is 10.9 Å². The summed E-state index contributed by atoms with van der Waals surface area (Å²) in [5, 5.41) is 9.94. The fourth-order valence-electron chi connectivity index (χ4n) is 2.32. The van der Waals surface area contributed by atoms with Gasteiger partial charge in [-0.3, -0.25) is 9.71 Å². The zero-order valence-electron chi connectivity index (χ0n) is 12.3. The van der Waals surface area contributed by atoms with Gasteiger partial charge >= 0.3 is 0 Å². The summed E-state index contributed by atoms with van der Waals surface area (Å²) in [6.45, 7) is 1.84. The van der Waals surface area contributed by atoms with Crippen LogP contribution in [0.3, 0.4) is 0 Å². The summed E-state index contributed by atoms with van der Waals surface area (Å²) in [7, 11) is -3.87. The minimum atomic E-state index is -3.87. The molecule has 3 rings (SSSR count). The van der Waals surface area contributed by atoms with Crippen molar-refractivity contribution in [1.82, 2.24) is 4.98 Å². The molecule has 0 aliphatic heterocycles. The van der Waals surface area contributed by atoms with E-state index in [9.17, 15) is 8.42 Å². The van der Waals surface area contributed by atoms with Crippen molar-refractivity contribution in [3.8, 4) is 6.07 Å². The van der Waals surface area contributed by atoms with E-state index < -0.39 is 10.0 Å². The highest BCUT2D eigenvalue weighted by Crippen LogP contribution is 2.25. The number of anilines is 1.